The second-order valence-corrected chi connectivity index (χ2v) is 3.28. The molecule has 0 fully saturated rings. The predicted molar refractivity (Wildman–Crippen MR) is 56.9 cm³/mol. The van der Waals surface area contributed by atoms with Gasteiger partial charge in [-0.15, -0.1) is 0 Å². The maximum Gasteiger partial charge on any atom is 0.125 e. The molecule has 0 aliphatic carbocycles. The number of nitrogen functional groups attached to an aromatic ring is 1. The highest BCUT2D eigenvalue weighted by molar-refractivity contribution is 5.71. The molecule has 0 aliphatic heterocycles. The molecule has 3 heteroatoms. The number of rotatable bonds is 1. The number of phenols is 1. The highest BCUT2D eigenvalue weighted by Gasteiger charge is 2.06. The van der Waals surface area contributed by atoms with Crippen molar-refractivity contribution in [2.24, 2.45) is 7.05 Å². The summed E-state index contributed by atoms with van der Waals surface area (Å²) in [7, 11) is 1.93. The normalized spacial score (nSPS) is 10.4. The van der Waals surface area contributed by atoms with Crippen LogP contribution in [-0.4, -0.2) is 9.67 Å². The van der Waals surface area contributed by atoms with Crippen molar-refractivity contribution in [3.8, 4) is 17.0 Å². The SMILES string of the molecule is Cn1cccc1-c1cc(N)ccc1O. The largest absolute Gasteiger partial charge is 0.507 e. The molecule has 0 radical (unpaired) electrons. The van der Waals surface area contributed by atoms with Gasteiger partial charge in [-0.3, -0.25) is 0 Å². The first-order valence-electron chi connectivity index (χ1n) is 4.38. The van der Waals surface area contributed by atoms with Gasteiger partial charge in [0.25, 0.3) is 0 Å². The van der Waals surface area contributed by atoms with Gasteiger partial charge in [-0.2, -0.15) is 0 Å². The first kappa shape index (κ1) is 8.69. The van der Waals surface area contributed by atoms with Gasteiger partial charge >= 0.3 is 0 Å². The molecule has 0 unspecified atom stereocenters. The van der Waals surface area contributed by atoms with Crippen molar-refractivity contribution < 1.29 is 5.11 Å². The van der Waals surface area contributed by atoms with Crippen LogP contribution in [0.1, 0.15) is 0 Å². The maximum absolute atomic E-state index is 9.66. The van der Waals surface area contributed by atoms with Crippen LogP contribution < -0.4 is 5.73 Å². The molecule has 0 bridgehead atoms. The van der Waals surface area contributed by atoms with Gasteiger partial charge in [0.2, 0.25) is 0 Å². The molecular weight excluding hydrogens is 176 g/mol. The van der Waals surface area contributed by atoms with Crippen LogP contribution in [-0.2, 0) is 7.05 Å². The van der Waals surface area contributed by atoms with Crippen molar-refractivity contribution >= 4 is 5.69 Å². The number of hydrogen-bond acceptors (Lipinski definition) is 2. The molecule has 0 spiro atoms. The van der Waals surface area contributed by atoms with Gasteiger partial charge in [0.1, 0.15) is 5.75 Å². The summed E-state index contributed by atoms with van der Waals surface area (Å²) in [4.78, 5) is 0. The summed E-state index contributed by atoms with van der Waals surface area (Å²) >= 11 is 0. The van der Waals surface area contributed by atoms with Crippen LogP contribution in [0.5, 0.6) is 5.75 Å². The third-order valence-electron chi connectivity index (χ3n) is 2.24. The van der Waals surface area contributed by atoms with Gasteiger partial charge in [-0.05, 0) is 30.3 Å². The van der Waals surface area contributed by atoms with E-state index in [0.29, 0.717) is 5.69 Å². The second kappa shape index (κ2) is 3.10. The Labute approximate surface area is 82.4 Å². The number of aromatic hydroxyl groups is 1. The molecule has 14 heavy (non-hydrogen) atoms. The molecular formula is C11H12N2O. The second-order valence-electron chi connectivity index (χ2n) is 3.28. The number of nitrogens with zero attached hydrogens (tertiary/aromatic N) is 1. The van der Waals surface area contributed by atoms with E-state index in [1.54, 1.807) is 18.2 Å². The lowest BCUT2D eigenvalue weighted by Crippen LogP contribution is -1.91. The molecule has 0 saturated heterocycles. The molecule has 0 aliphatic rings. The van der Waals surface area contributed by atoms with Crippen LogP contribution in [0, 0.1) is 0 Å². The minimum Gasteiger partial charge on any atom is -0.507 e. The van der Waals surface area contributed by atoms with Gasteiger partial charge in [0.15, 0.2) is 0 Å². The van der Waals surface area contributed by atoms with Crippen molar-refractivity contribution in [2.45, 2.75) is 0 Å². The minimum absolute atomic E-state index is 0.251. The van der Waals surface area contributed by atoms with Gasteiger partial charge in [-0.25, -0.2) is 0 Å². The molecule has 0 amide bonds. The van der Waals surface area contributed by atoms with Crippen LogP contribution in [0.25, 0.3) is 11.3 Å². The molecule has 3 nitrogen and oxygen atoms in total. The number of aromatic nitrogens is 1. The standard InChI is InChI=1S/C11H12N2O/c1-13-6-2-3-10(13)9-7-8(12)4-5-11(9)14/h2-7,14H,12H2,1H3. The van der Waals surface area contributed by atoms with Crippen LogP contribution in [0.3, 0.4) is 0 Å². The van der Waals surface area contributed by atoms with Crippen molar-refractivity contribution in [3.63, 3.8) is 0 Å². The predicted octanol–water partition coefficient (Wildman–Crippen LogP) is 1.98. The van der Waals surface area contributed by atoms with Crippen molar-refractivity contribution in [1.82, 2.24) is 4.57 Å². The van der Waals surface area contributed by atoms with Gasteiger partial charge < -0.3 is 15.4 Å². The summed E-state index contributed by atoms with van der Waals surface area (Å²) in [6.45, 7) is 0. The number of hydrogen-bond donors (Lipinski definition) is 2. The van der Waals surface area contributed by atoms with E-state index in [2.05, 4.69) is 0 Å². The average Bonchev–Trinajstić information content (AvgIpc) is 2.56. The minimum atomic E-state index is 0.251. The molecule has 0 saturated carbocycles. The van der Waals surface area contributed by atoms with E-state index in [1.807, 2.05) is 29.9 Å². The van der Waals surface area contributed by atoms with E-state index in [-0.39, 0.29) is 5.75 Å². The summed E-state index contributed by atoms with van der Waals surface area (Å²) in [5, 5.41) is 9.66. The summed E-state index contributed by atoms with van der Waals surface area (Å²) in [6, 6.07) is 8.93. The van der Waals surface area contributed by atoms with E-state index >= 15 is 0 Å². The number of anilines is 1. The van der Waals surface area contributed by atoms with Gasteiger partial charge in [0, 0.05) is 24.5 Å². The Balaban J connectivity index is 2.62. The van der Waals surface area contributed by atoms with Gasteiger partial charge in [0.05, 0.1) is 5.69 Å². The Hall–Kier alpha value is -1.90. The summed E-state index contributed by atoms with van der Waals surface area (Å²) in [5.41, 5.74) is 8.03. The Morgan fingerprint density at radius 3 is 2.71 bits per heavy atom. The molecule has 1 aromatic heterocycles. The summed E-state index contributed by atoms with van der Waals surface area (Å²) in [6.07, 6.45) is 1.93. The van der Waals surface area contributed by atoms with Crippen LogP contribution in [0.4, 0.5) is 5.69 Å². The Morgan fingerprint density at radius 2 is 2.07 bits per heavy atom. The molecule has 0 atom stereocenters. The fourth-order valence-corrected chi connectivity index (χ4v) is 1.50. The zero-order chi connectivity index (χ0) is 10.1. The van der Waals surface area contributed by atoms with Crippen molar-refractivity contribution in [2.75, 3.05) is 5.73 Å². The lowest BCUT2D eigenvalue weighted by molar-refractivity contribution is 0.477. The van der Waals surface area contributed by atoms with E-state index in [9.17, 15) is 5.11 Å². The summed E-state index contributed by atoms with van der Waals surface area (Å²) in [5.74, 6) is 0.251. The van der Waals surface area contributed by atoms with Crippen LogP contribution in [0.15, 0.2) is 36.5 Å². The number of aryl methyl sites for hydroxylation is 1. The number of benzene rings is 1. The zero-order valence-corrected chi connectivity index (χ0v) is 7.94. The van der Waals surface area contributed by atoms with Crippen molar-refractivity contribution in [3.05, 3.63) is 36.5 Å². The summed E-state index contributed by atoms with van der Waals surface area (Å²) < 4.78 is 1.94. The fraction of sp³-hybridized carbons (Fsp3) is 0.0909. The Bertz CT molecular complexity index is 460. The molecule has 1 heterocycles. The molecule has 2 rings (SSSR count). The first-order chi connectivity index (χ1) is 6.68. The third-order valence-corrected chi connectivity index (χ3v) is 2.24. The highest BCUT2D eigenvalue weighted by Crippen LogP contribution is 2.30. The first-order valence-corrected chi connectivity index (χ1v) is 4.38. The smallest absolute Gasteiger partial charge is 0.125 e. The Morgan fingerprint density at radius 1 is 1.29 bits per heavy atom. The zero-order valence-electron chi connectivity index (χ0n) is 7.94. The average molecular weight is 188 g/mol. The van der Waals surface area contributed by atoms with E-state index < -0.39 is 0 Å². The van der Waals surface area contributed by atoms with E-state index in [0.717, 1.165) is 11.3 Å². The van der Waals surface area contributed by atoms with Gasteiger partial charge in [-0.1, -0.05) is 0 Å². The fourth-order valence-electron chi connectivity index (χ4n) is 1.50. The van der Waals surface area contributed by atoms with Crippen molar-refractivity contribution in [1.29, 1.82) is 0 Å². The van der Waals surface area contributed by atoms with Crippen LogP contribution >= 0.6 is 0 Å². The van der Waals surface area contributed by atoms with E-state index in [4.69, 9.17) is 5.73 Å². The lowest BCUT2D eigenvalue weighted by atomic mass is 10.1. The quantitative estimate of drug-likeness (QED) is 0.531. The topological polar surface area (TPSA) is 51.2 Å². The van der Waals surface area contributed by atoms with Crippen LogP contribution in [0.2, 0.25) is 0 Å². The molecule has 1 aromatic carbocycles. The monoisotopic (exact) mass is 188 g/mol. The molecule has 3 N–H and O–H groups in total. The third kappa shape index (κ3) is 1.33. The number of nitrogens with two attached hydrogens (primary N) is 1. The Kier molecular flexibility index (Phi) is 1.93. The highest BCUT2D eigenvalue weighted by atomic mass is 16.3. The molecule has 72 valence electrons. The van der Waals surface area contributed by atoms with E-state index in [1.165, 1.54) is 0 Å². The molecule has 2 aromatic rings. The number of phenolic OH excluding ortho intramolecular Hbond substituents is 1. The lowest BCUT2D eigenvalue weighted by Gasteiger charge is -2.06. The maximum atomic E-state index is 9.66.